The monoisotopic (exact) mass is 317 g/mol. The minimum Gasteiger partial charge on any atom is -0.394 e. The van der Waals surface area contributed by atoms with Crippen LogP contribution in [0.25, 0.3) is 0 Å². The lowest BCUT2D eigenvalue weighted by atomic mass is 10.0. The molecule has 1 aromatic rings. The summed E-state index contributed by atoms with van der Waals surface area (Å²) in [5, 5.41) is 23.3. The van der Waals surface area contributed by atoms with Gasteiger partial charge < -0.3 is 20.5 Å². The van der Waals surface area contributed by atoms with Crippen LogP contribution in [0.15, 0.2) is 23.9 Å². The summed E-state index contributed by atoms with van der Waals surface area (Å²) in [4.78, 5) is 12.2. The zero-order valence-electron chi connectivity index (χ0n) is 13.8. The zero-order valence-corrected chi connectivity index (χ0v) is 13.8. The molecule has 0 aliphatic heterocycles. The molecule has 0 aromatic heterocycles. The molecule has 0 aliphatic rings. The summed E-state index contributed by atoms with van der Waals surface area (Å²) in [5.41, 5.74) is 3.76. The molecule has 6 nitrogen and oxygen atoms in total. The number of nitrogens with zero attached hydrogens (tertiary/aromatic N) is 1. The van der Waals surface area contributed by atoms with Gasteiger partial charge in [0.05, 0.1) is 19.8 Å². The molecule has 1 rings (SSSR count). The molecule has 0 atom stereocenters. The molecule has 0 aliphatic carbocycles. The van der Waals surface area contributed by atoms with Crippen LogP contribution in [0, 0.1) is 32.1 Å². The van der Waals surface area contributed by atoms with Gasteiger partial charge in [-0.3, -0.25) is 4.79 Å². The van der Waals surface area contributed by atoms with E-state index >= 15 is 0 Å². The predicted molar refractivity (Wildman–Crippen MR) is 88.9 cm³/mol. The van der Waals surface area contributed by atoms with E-state index in [2.05, 4.69) is 10.6 Å². The Balaban J connectivity index is 2.66. The van der Waals surface area contributed by atoms with Crippen LogP contribution in [0.3, 0.4) is 0 Å². The number of nitriles is 1. The maximum atomic E-state index is 12.2. The standard InChI is InChI=1S/C17H23N3O3/c1-12-8-13(2)16(14(3)9-12)20-17(22)15(10-18)11-19-4-6-23-7-5-21/h8-9,11,19,21H,4-7H2,1-3H3,(H,20,22)/b15-11-. The first kappa shape index (κ1) is 18.7. The first-order chi connectivity index (χ1) is 11.0. The molecular weight excluding hydrogens is 294 g/mol. The fourth-order valence-electron chi connectivity index (χ4n) is 2.18. The molecule has 0 saturated heterocycles. The van der Waals surface area contributed by atoms with Crippen molar-refractivity contribution in [2.75, 3.05) is 31.7 Å². The first-order valence-corrected chi connectivity index (χ1v) is 7.41. The van der Waals surface area contributed by atoms with E-state index in [1.807, 2.05) is 39.0 Å². The molecule has 23 heavy (non-hydrogen) atoms. The number of hydrogen-bond donors (Lipinski definition) is 3. The van der Waals surface area contributed by atoms with E-state index in [0.29, 0.717) is 13.2 Å². The number of amides is 1. The Morgan fingerprint density at radius 3 is 2.52 bits per heavy atom. The van der Waals surface area contributed by atoms with E-state index in [0.717, 1.165) is 22.4 Å². The number of ether oxygens (including phenoxy) is 1. The lowest BCUT2D eigenvalue weighted by molar-refractivity contribution is -0.112. The smallest absolute Gasteiger partial charge is 0.267 e. The molecule has 124 valence electrons. The quantitative estimate of drug-likeness (QED) is 0.384. The van der Waals surface area contributed by atoms with Crippen molar-refractivity contribution in [3.63, 3.8) is 0 Å². The van der Waals surface area contributed by atoms with E-state index < -0.39 is 5.91 Å². The third kappa shape index (κ3) is 6.10. The van der Waals surface area contributed by atoms with E-state index in [4.69, 9.17) is 15.1 Å². The highest BCUT2D eigenvalue weighted by Gasteiger charge is 2.12. The summed E-state index contributed by atoms with van der Waals surface area (Å²) in [5.74, 6) is -0.452. The van der Waals surface area contributed by atoms with Crippen LogP contribution in [0.4, 0.5) is 5.69 Å². The van der Waals surface area contributed by atoms with Gasteiger partial charge in [-0.05, 0) is 31.9 Å². The average Bonchev–Trinajstić information content (AvgIpc) is 2.50. The number of rotatable bonds is 8. The molecule has 0 unspecified atom stereocenters. The number of nitrogens with one attached hydrogen (secondary N) is 2. The Morgan fingerprint density at radius 2 is 1.96 bits per heavy atom. The minimum absolute atomic E-state index is 0.00784. The van der Waals surface area contributed by atoms with Crippen molar-refractivity contribution in [3.8, 4) is 6.07 Å². The number of anilines is 1. The van der Waals surface area contributed by atoms with Gasteiger partial charge in [-0.25, -0.2) is 0 Å². The average molecular weight is 317 g/mol. The van der Waals surface area contributed by atoms with Gasteiger partial charge >= 0.3 is 0 Å². The number of benzene rings is 1. The number of carbonyl (C=O) groups is 1. The van der Waals surface area contributed by atoms with Crippen molar-refractivity contribution in [2.45, 2.75) is 20.8 Å². The number of aliphatic hydroxyl groups excluding tert-OH is 1. The van der Waals surface area contributed by atoms with Crippen LogP contribution < -0.4 is 10.6 Å². The molecule has 0 radical (unpaired) electrons. The Hall–Kier alpha value is -2.36. The van der Waals surface area contributed by atoms with Gasteiger partial charge in [-0.1, -0.05) is 17.7 Å². The second-order valence-electron chi connectivity index (χ2n) is 5.19. The highest BCUT2D eigenvalue weighted by molar-refractivity contribution is 6.07. The van der Waals surface area contributed by atoms with Crippen LogP contribution in [-0.2, 0) is 9.53 Å². The normalized spacial score (nSPS) is 11.0. The third-order valence-corrected chi connectivity index (χ3v) is 3.15. The molecule has 0 bridgehead atoms. The first-order valence-electron chi connectivity index (χ1n) is 7.41. The zero-order chi connectivity index (χ0) is 17.2. The molecule has 1 aromatic carbocycles. The molecule has 3 N–H and O–H groups in total. The second kappa shape index (κ2) is 9.62. The van der Waals surface area contributed by atoms with Gasteiger partial charge in [0.15, 0.2) is 0 Å². The minimum atomic E-state index is -0.452. The number of aryl methyl sites for hydroxylation is 3. The van der Waals surface area contributed by atoms with E-state index in [1.165, 1.54) is 6.20 Å². The van der Waals surface area contributed by atoms with E-state index in [1.54, 1.807) is 0 Å². The Bertz CT molecular complexity index is 595. The molecule has 0 heterocycles. The summed E-state index contributed by atoms with van der Waals surface area (Å²) < 4.78 is 5.07. The summed E-state index contributed by atoms with van der Waals surface area (Å²) in [6.07, 6.45) is 1.37. The highest BCUT2D eigenvalue weighted by atomic mass is 16.5. The maximum Gasteiger partial charge on any atom is 0.267 e. The van der Waals surface area contributed by atoms with Gasteiger partial charge in [-0.15, -0.1) is 0 Å². The number of aliphatic hydroxyl groups is 1. The summed E-state index contributed by atoms with van der Waals surface area (Å²) >= 11 is 0. The van der Waals surface area contributed by atoms with Crippen molar-refractivity contribution in [1.29, 1.82) is 5.26 Å². The van der Waals surface area contributed by atoms with Crippen molar-refractivity contribution >= 4 is 11.6 Å². The van der Waals surface area contributed by atoms with Crippen LogP contribution in [0.5, 0.6) is 0 Å². The van der Waals surface area contributed by atoms with Gasteiger partial charge in [0.1, 0.15) is 11.6 Å². The predicted octanol–water partition coefficient (Wildman–Crippen LogP) is 1.56. The van der Waals surface area contributed by atoms with Crippen molar-refractivity contribution < 1.29 is 14.6 Å². The van der Waals surface area contributed by atoms with Gasteiger partial charge in [0.2, 0.25) is 0 Å². The van der Waals surface area contributed by atoms with Crippen LogP contribution in [0.1, 0.15) is 16.7 Å². The van der Waals surface area contributed by atoms with Gasteiger partial charge in [0, 0.05) is 18.4 Å². The van der Waals surface area contributed by atoms with Crippen molar-refractivity contribution in [3.05, 3.63) is 40.6 Å². The summed E-state index contributed by atoms with van der Waals surface area (Å²) in [6.45, 7) is 6.90. The molecule has 6 heteroatoms. The third-order valence-electron chi connectivity index (χ3n) is 3.15. The van der Waals surface area contributed by atoms with Crippen molar-refractivity contribution in [1.82, 2.24) is 5.32 Å². The lowest BCUT2D eigenvalue weighted by Gasteiger charge is -2.12. The highest BCUT2D eigenvalue weighted by Crippen LogP contribution is 2.22. The molecule has 0 spiro atoms. The fraction of sp³-hybridized carbons (Fsp3) is 0.412. The fourth-order valence-corrected chi connectivity index (χ4v) is 2.18. The Labute approximate surface area is 136 Å². The van der Waals surface area contributed by atoms with E-state index in [-0.39, 0.29) is 18.8 Å². The van der Waals surface area contributed by atoms with Crippen LogP contribution in [0.2, 0.25) is 0 Å². The largest absolute Gasteiger partial charge is 0.394 e. The SMILES string of the molecule is Cc1cc(C)c(NC(=O)/C(C#N)=C\NCCOCCO)c(C)c1. The maximum absolute atomic E-state index is 12.2. The second-order valence-corrected chi connectivity index (χ2v) is 5.19. The number of hydrogen-bond acceptors (Lipinski definition) is 5. The van der Waals surface area contributed by atoms with Gasteiger partial charge in [0.25, 0.3) is 5.91 Å². The molecule has 1 amide bonds. The lowest BCUT2D eigenvalue weighted by Crippen LogP contribution is -2.20. The summed E-state index contributed by atoms with van der Waals surface area (Å²) in [6, 6.07) is 5.84. The Morgan fingerprint density at radius 1 is 1.30 bits per heavy atom. The Kier molecular flexibility index (Phi) is 7.81. The van der Waals surface area contributed by atoms with Crippen LogP contribution >= 0.6 is 0 Å². The van der Waals surface area contributed by atoms with E-state index in [9.17, 15) is 4.79 Å². The van der Waals surface area contributed by atoms with Crippen LogP contribution in [-0.4, -0.2) is 37.4 Å². The number of carbonyl (C=O) groups excluding carboxylic acids is 1. The van der Waals surface area contributed by atoms with Gasteiger partial charge in [-0.2, -0.15) is 5.26 Å². The molecule has 0 fully saturated rings. The molecular formula is C17H23N3O3. The topological polar surface area (TPSA) is 94.4 Å². The van der Waals surface area contributed by atoms with Crippen molar-refractivity contribution in [2.24, 2.45) is 0 Å². The molecule has 0 saturated carbocycles. The summed E-state index contributed by atoms with van der Waals surface area (Å²) in [7, 11) is 0.